The summed E-state index contributed by atoms with van der Waals surface area (Å²) in [5.74, 6) is 0.602. The highest BCUT2D eigenvalue weighted by Crippen LogP contribution is 2.19. The number of nitrogens with zero attached hydrogens (tertiary/aromatic N) is 1. The first-order valence-electron chi connectivity index (χ1n) is 6.33. The summed E-state index contributed by atoms with van der Waals surface area (Å²) in [5, 5.41) is 3.05. The van der Waals surface area contributed by atoms with Crippen LogP contribution in [0.5, 0.6) is 0 Å². The summed E-state index contributed by atoms with van der Waals surface area (Å²) in [5.41, 5.74) is 5.61. The molecule has 0 heterocycles. The van der Waals surface area contributed by atoms with Gasteiger partial charge in [0.2, 0.25) is 5.91 Å². The van der Waals surface area contributed by atoms with E-state index < -0.39 is 0 Å². The molecular formula is C12H25N3O. The molecule has 94 valence electrons. The van der Waals surface area contributed by atoms with E-state index >= 15 is 0 Å². The smallest absolute Gasteiger partial charge is 0.237 e. The van der Waals surface area contributed by atoms with Crippen LogP contribution in [-0.4, -0.2) is 42.5 Å². The minimum Gasteiger partial charge on any atom is -0.352 e. The first-order chi connectivity index (χ1) is 7.58. The van der Waals surface area contributed by atoms with Crippen LogP contribution in [0, 0.1) is 5.92 Å². The van der Waals surface area contributed by atoms with Gasteiger partial charge in [-0.1, -0.05) is 13.8 Å². The van der Waals surface area contributed by atoms with Crippen LogP contribution in [0.3, 0.4) is 0 Å². The van der Waals surface area contributed by atoms with Gasteiger partial charge in [-0.2, -0.15) is 0 Å². The molecule has 4 heteroatoms. The van der Waals surface area contributed by atoms with E-state index in [2.05, 4.69) is 24.1 Å². The fraction of sp³-hybridized carbons (Fsp3) is 0.917. The Hall–Kier alpha value is -0.610. The van der Waals surface area contributed by atoms with Crippen LogP contribution >= 0.6 is 0 Å². The molecule has 3 N–H and O–H groups in total. The second-order valence-corrected chi connectivity index (χ2v) is 4.89. The topological polar surface area (TPSA) is 58.4 Å². The lowest BCUT2D eigenvalue weighted by Gasteiger charge is -2.29. The predicted octanol–water partition coefficient (Wildman–Crippen LogP) is 0.570. The Morgan fingerprint density at radius 1 is 1.50 bits per heavy atom. The van der Waals surface area contributed by atoms with Crippen molar-refractivity contribution in [3.63, 3.8) is 0 Å². The number of hydrogen-bond acceptors (Lipinski definition) is 3. The van der Waals surface area contributed by atoms with Crippen LogP contribution in [0.1, 0.15) is 33.6 Å². The Labute approximate surface area is 98.6 Å². The molecule has 1 aliphatic rings. The average molecular weight is 227 g/mol. The van der Waals surface area contributed by atoms with E-state index in [-0.39, 0.29) is 11.9 Å². The second kappa shape index (κ2) is 6.21. The van der Waals surface area contributed by atoms with Gasteiger partial charge in [-0.15, -0.1) is 0 Å². The van der Waals surface area contributed by atoms with Crippen molar-refractivity contribution in [2.24, 2.45) is 11.7 Å². The number of carbonyl (C=O) groups excluding carboxylic acids is 1. The van der Waals surface area contributed by atoms with Gasteiger partial charge in [-0.3, -0.25) is 9.69 Å². The SMILES string of the molecule is CCN(CC(C)CN)C(C)C(=O)NC1CC1. The van der Waals surface area contributed by atoms with Crippen molar-refractivity contribution in [2.45, 2.75) is 45.7 Å². The van der Waals surface area contributed by atoms with E-state index in [0.717, 1.165) is 25.9 Å². The first kappa shape index (κ1) is 13.5. The van der Waals surface area contributed by atoms with Gasteiger partial charge in [-0.25, -0.2) is 0 Å². The van der Waals surface area contributed by atoms with Crippen LogP contribution in [0.4, 0.5) is 0 Å². The lowest BCUT2D eigenvalue weighted by molar-refractivity contribution is -0.126. The van der Waals surface area contributed by atoms with Gasteiger partial charge < -0.3 is 11.1 Å². The number of carbonyl (C=O) groups is 1. The van der Waals surface area contributed by atoms with Gasteiger partial charge in [0, 0.05) is 12.6 Å². The van der Waals surface area contributed by atoms with E-state index in [0.29, 0.717) is 18.5 Å². The number of likely N-dealkylation sites (N-methyl/N-ethyl adjacent to an activating group) is 1. The summed E-state index contributed by atoms with van der Waals surface area (Å²) in [6.07, 6.45) is 2.29. The van der Waals surface area contributed by atoms with E-state index in [1.54, 1.807) is 0 Å². The molecule has 0 aromatic carbocycles. The van der Waals surface area contributed by atoms with Crippen LogP contribution < -0.4 is 11.1 Å². The van der Waals surface area contributed by atoms with Gasteiger partial charge in [0.25, 0.3) is 0 Å². The maximum Gasteiger partial charge on any atom is 0.237 e. The average Bonchev–Trinajstić information content (AvgIpc) is 3.08. The second-order valence-electron chi connectivity index (χ2n) is 4.89. The number of rotatable bonds is 7. The number of amides is 1. The summed E-state index contributed by atoms with van der Waals surface area (Å²) in [4.78, 5) is 14.1. The normalized spacial score (nSPS) is 19.6. The molecule has 0 aromatic heterocycles. The Morgan fingerprint density at radius 2 is 2.12 bits per heavy atom. The molecule has 2 atom stereocenters. The highest BCUT2D eigenvalue weighted by Gasteiger charge is 2.28. The van der Waals surface area contributed by atoms with Crippen molar-refractivity contribution in [2.75, 3.05) is 19.6 Å². The molecule has 16 heavy (non-hydrogen) atoms. The summed E-state index contributed by atoms with van der Waals surface area (Å²) in [7, 11) is 0. The van der Waals surface area contributed by atoms with Gasteiger partial charge in [0.1, 0.15) is 0 Å². The summed E-state index contributed by atoms with van der Waals surface area (Å²) < 4.78 is 0. The molecule has 1 fully saturated rings. The van der Waals surface area contributed by atoms with Crippen LogP contribution in [-0.2, 0) is 4.79 Å². The molecule has 1 saturated carbocycles. The van der Waals surface area contributed by atoms with Crippen molar-refractivity contribution >= 4 is 5.91 Å². The van der Waals surface area contributed by atoms with Gasteiger partial charge in [-0.05, 0) is 38.8 Å². The zero-order valence-corrected chi connectivity index (χ0v) is 10.7. The summed E-state index contributed by atoms with van der Waals surface area (Å²) in [6, 6.07) is 0.403. The lowest BCUT2D eigenvalue weighted by Crippen LogP contribution is -2.47. The fourth-order valence-electron chi connectivity index (χ4n) is 1.75. The minimum absolute atomic E-state index is 0.0420. The Bertz CT molecular complexity index is 228. The third-order valence-electron chi connectivity index (χ3n) is 3.21. The molecule has 1 aliphatic carbocycles. The monoisotopic (exact) mass is 227 g/mol. The molecule has 0 spiro atoms. The third-order valence-corrected chi connectivity index (χ3v) is 3.21. The molecule has 1 amide bonds. The molecule has 1 rings (SSSR count). The maximum absolute atomic E-state index is 11.9. The van der Waals surface area contributed by atoms with Crippen molar-refractivity contribution in [3.8, 4) is 0 Å². The van der Waals surface area contributed by atoms with Crippen LogP contribution in [0.2, 0.25) is 0 Å². The van der Waals surface area contributed by atoms with E-state index in [1.165, 1.54) is 0 Å². The van der Waals surface area contributed by atoms with Crippen molar-refractivity contribution < 1.29 is 4.79 Å². The minimum atomic E-state index is -0.0420. The number of nitrogens with two attached hydrogens (primary N) is 1. The Balaban J connectivity index is 2.39. The van der Waals surface area contributed by atoms with Crippen molar-refractivity contribution in [1.82, 2.24) is 10.2 Å². The van der Waals surface area contributed by atoms with E-state index in [1.807, 2.05) is 6.92 Å². The highest BCUT2D eigenvalue weighted by molar-refractivity contribution is 5.81. The highest BCUT2D eigenvalue weighted by atomic mass is 16.2. The molecule has 0 aliphatic heterocycles. The largest absolute Gasteiger partial charge is 0.352 e. The molecular weight excluding hydrogens is 202 g/mol. The van der Waals surface area contributed by atoms with Gasteiger partial charge in [0.15, 0.2) is 0 Å². The molecule has 0 saturated heterocycles. The van der Waals surface area contributed by atoms with Crippen LogP contribution in [0.25, 0.3) is 0 Å². The van der Waals surface area contributed by atoms with E-state index in [4.69, 9.17) is 5.73 Å². The number of nitrogens with one attached hydrogen (secondary N) is 1. The summed E-state index contributed by atoms with van der Waals surface area (Å²) >= 11 is 0. The Morgan fingerprint density at radius 3 is 2.56 bits per heavy atom. The molecule has 4 nitrogen and oxygen atoms in total. The molecule has 0 radical (unpaired) electrons. The molecule has 0 aromatic rings. The predicted molar refractivity (Wildman–Crippen MR) is 66.1 cm³/mol. The molecule has 2 unspecified atom stereocenters. The zero-order chi connectivity index (χ0) is 12.1. The van der Waals surface area contributed by atoms with Crippen LogP contribution in [0.15, 0.2) is 0 Å². The summed E-state index contributed by atoms with van der Waals surface area (Å²) in [6.45, 7) is 8.64. The third kappa shape index (κ3) is 4.10. The van der Waals surface area contributed by atoms with Crippen molar-refractivity contribution in [1.29, 1.82) is 0 Å². The van der Waals surface area contributed by atoms with Crippen molar-refractivity contribution in [3.05, 3.63) is 0 Å². The Kier molecular flexibility index (Phi) is 5.22. The first-order valence-corrected chi connectivity index (χ1v) is 6.33. The maximum atomic E-state index is 11.9. The van der Waals surface area contributed by atoms with Gasteiger partial charge in [0.05, 0.1) is 6.04 Å². The number of hydrogen-bond donors (Lipinski definition) is 2. The quantitative estimate of drug-likeness (QED) is 0.668. The molecule has 0 bridgehead atoms. The van der Waals surface area contributed by atoms with E-state index in [9.17, 15) is 4.79 Å². The fourth-order valence-corrected chi connectivity index (χ4v) is 1.75. The standard InChI is InChI=1S/C12H25N3O/c1-4-15(8-9(2)7-13)10(3)12(16)14-11-5-6-11/h9-11H,4-8,13H2,1-3H3,(H,14,16). The zero-order valence-electron chi connectivity index (χ0n) is 10.7. The van der Waals surface area contributed by atoms with Gasteiger partial charge >= 0.3 is 0 Å². The lowest BCUT2D eigenvalue weighted by atomic mass is 10.1.